The number of anilines is 1. The fourth-order valence-corrected chi connectivity index (χ4v) is 5.47. The third-order valence-corrected chi connectivity index (χ3v) is 7.78. The average molecular weight is 589 g/mol. The third kappa shape index (κ3) is 5.11. The number of aromatic nitrogens is 1. The van der Waals surface area contributed by atoms with Crippen LogP contribution in [0.1, 0.15) is 23.5 Å². The molecule has 0 saturated carbocycles. The number of thiocarbonyl (C=S) groups is 1. The molecule has 9 heteroatoms. The van der Waals surface area contributed by atoms with Crippen LogP contribution in [0.5, 0.6) is 17.2 Å². The van der Waals surface area contributed by atoms with E-state index in [0.29, 0.717) is 38.2 Å². The van der Waals surface area contributed by atoms with Crippen molar-refractivity contribution in [2.45, 2.75) is 12.1 Å². The largest absolute Gasteiger partial charge is 0.497 e. The molecule has 0 aliphatic carbocycles. The summed E-state index contributed by atoms with van der Waals surface area (Å²) in [4.78, 5) is 6.64. The van der Waals surface area contributed by atoms with Gasteiger partial charge in [0.05, 0.1) is 28.9 Å². The molecule has 0 radical (unpaired) electrons. The molecule has 40 heavy (non-hydrogen) atoms. The molecule has 3 heterocycles. The number of halogens is 2. The number of methoxy groups -OCH3 is 1. The molecule has 0 bridgehead atoms. The van der Waals surface area contributed by atoms with Crippen molar-refractivity contribution in [3.63, 3.8) is 0 Å². The SMILES string of the molecule is COc1ccc(Oc2ccc(N3C(=S)N[C@H](c4ccccn4)[C@@H]3c3ccc(-c4cccc(Cl)c4Cl)o3)cc2)cc1. The van der Waals surface area contributed by atoms with Crippen LogP contribution in [0.25, 0.3) is 11.3 Å². The monoisotopic (exact) mass is 587 g/mol. The minimum absolute atomic E-state index is 0.252. The van der Waals surface area contributed by atoms with Gasteiger partial charge in [0.1, 0.15) is 34.8 Å². The smallest absolute Gasteiger partial charge is 0.174 e. The molecule has 3 aromatic carbocycles. The first-order chi connectivity index (χ1) is 19.5. The van der Waals surface area contributed by atoms with E-state index in [2.05, 4.69) is 10.3 Å². The van der Waals surface area contributed by atoms with E-state index in [1.54, 1.807) is 19.4 Å². The molecule has 1 saturated heterocycles. The lowest BCUT2D eigenvalue weighted by Gasteiger charge is -2.26. The summed E-state index contributed by atoms with van der Waals surface area (Å²) in [6.45, 7) is 0. The van der Waals surface area contributed by atoms with Crippen LogP contribution in [0.3, 0.4) is 0 Å². The van der Waals surface area contributed by atoms with Crippen LogP contribution >= 0.6 is 35.4 Å². The maximum absolute atomic E-state index is 6.49. The minimum Gasteiger partial charge on any atom is -0.497 e. The fraction of sp³-hybridized carbons (Fsp3) is 0.0968. The summed E-state index contributed by atoms with van der Waals surface area (Å²) in [5, 5.41) is 4.91. The van der Waals surface area contributed by atoms with Crippen molar-refractivity contribution in [2.24, 2.45) is 0 Å². The standard InChI is InChI=1S/C31H23Cl2N3O3S/c1-37-20-12-14-22(15-13-20)38-21-10-8-19(9-11-21)36-30(29(35-31(36)40)25-7-2-3-18-34-25)27-17-16-26(39-27)23-5-4-6-24(32)28(23)33/h2-18,29-30H,1H3,(H,35,40)/t29-,30+/m1/s1. The van der Waals surface area contributed by atoms with Gasteiger partial charge in [0.2, 0.25) is 0 Å². The Bertz CT molecular complexity index is 1640. The molecule has 200 valence electrons. The lowest BCUT2D eigenvalue weighted by molar-refractivity contribution is 0.413. The van der Waals surface area contributed by atoms with Crippen LogP contribution in [0.2, 0.25) is 10.0 Å². The lowest BCUT2D eigenvalue weighted by atomic mass is 10.0. The Hall–Kier alpha value is -4.04. The molecule has 5 aromatic rings. The number of nitrogens with one attached hydrogen (secondary N) is 1. The van der Waals surface area contributed by atoms with Gasteiger partial charge in [-0.15, -0.1) is 0 Å². The van der Waals surface area contributed by atoms with Crippen LogP contribution in [0.15, 0.2) is 108 Å². The van der Waals surface area contributed by atoms with Crippen molar-refractivity contribution in [1.82, 2.24) is 10.3 Å². The first kappa shape index (κ1) is 26.2. The van der Waals surface area contributed by atoms with Crippen molar-refractivity contribution >= 4 is 46.2 Å². The molecule has 0 amide bonds. The second-order valence-corrected chi connectivity index (χ2v) is 10.2. The molecule has 0 spiro atoms. The molecular formula is C31H23Cl2N3O3S. The van der Waals surface area contributed by atoms with Crippen LogP contribution in [0, 0.1) is 0 Å². The van der Waals surface area contributed by atoms with Crippen LogP contribution in [-0.4, -0.2) is 17.2 Å². The zero-order valence-corrected chi connectivity index (χ0v) is 23.6. The van der Waals surface area contributed by atoms with Gasteiger partial charge < -0.3 is 24.1 Å². The Balaban J connectivity index is 1.34. The number of hydrogen-bond donors (Lipinski definition) is 1. The molecule has 6 nitrogen and oxygen atoms in total. The maximum Gasteiger partial charge on any atom is 0.174 e. The van der Waals surface area contributed by atoms with E-state index in [4.69, 9.17) is 49.3 Å². The van der Waals surface area contributed by atoms with Crippen LogP contribution in [-0.2, 0) is 0 Å². The number of benzene rings is 3. The summed E-state index contributed by atoms with van der Waals surface area (Å²) in [6.07, 6.45) is 1.77. The summed E-state index contributed by atoms with van der Waals surface area (Å²) in [6, 6.07) is 29.7. The number of rotatable bonds is 7. The van der Waals surface area contributed by atoms with E-state index in [9.17, 15) is 0 Å². The summed E-state index contributed by atoms with van der Waals surface area (Å²) < 4.78 is 17.7. The van der Waals surface area contributed by atoms with Crippen molar-refractivity contribution < 1.29 is 13.9 Å². The molecule has 2 atom stereocenters. The zero-order chi connectivity index (χ0) is 27.6. The zero-order valence-electron chi connectivity index (χ0n) is 21.3. The average Bonchev–Trinajstić information content (AvgIpc) is 3.60. The Morgan fingerprint density at radius 1 is 0.850 bits per heavy atom. The molecule has 1 N–H and O–H groups in total. The van der Waals surface area contributed by atoms with Gasteiger partial charge in [0.25, 0.3) is 0 Å². The molecule has 1 aliphatic heterocycles. The van der Waals surface area contributed by atoms with Gasteiger partial charge in [-0.3, -0.25) is 4.98 Å². The molecule has 1 aliphatic rings. The van der Waals surface area contributed by atoms with Gasteiger partial charge in [-0.05, 0) is 97.1 Å². The topological polar surface area (TPSA) is 59.8 Å². The second-order valence-electron chi connectivity index (χ2n) is 9.07. The normalized spacial score (nSPS) is 16.6. The summed E-state index contributed by atoms with van der Waals surface area (Å²) in [5.41, 5.74) is 2.44. The number of hydrogen-bond acceptors (Lipinski definition) is 5. The van der Waals surface area contributed by atoms with Gasteiger partial charge in [-0.1, -0.05) is 35.3 Å². The molecule has 2 aromatic heterocycles. The predicted molar refractivity (Wildman–Crippen MR) is 162 cm³/mol. The van der Waals surface area contributed by atoms with E-state index in [1.165, 1.54) is 0 Å². The summed E-state index contributed by atoms with van der Waals surface area (Å²) in [5.74, 6) is 3.49. The van der Waals surface area contributed by atoms with Crippen molar-refractivity contribution in [3.05, 3.63) is 125 Å². The number of pyridine rings is 1. The highest BCUT2D eigenvalue weighted by Crippen LogP contribution is 2.44. The van der Waals surface area contributed by atoms with Gasteiger partial charge in [-0.2, -0.15) is 0 Å². The quantitative estimate of drug-likeness (QED) is 0.191. The summed E-state index contributed by atoms with van der Waals surface area (Å²) >= 11 is 18.6. The number of nitrogens with zero attached hydrogens (tertiary/aromatic N) is 2. The number of ether oxygens (including phenoxy) is 2. The van der Waals surface area contributed by atoms with Gasteiger partial charge >= 0.3 is 0 Å². The Kier molecular flexibility index (Phi) is 7.34. The Labute approximate surface area is 247 Å². The first-order valence-corrected chi connectivity index (χ1v) is 13.6. The highest BCUT2D eigenvalue weighted by atomic mass is 35.5. The number of furan rings is 1. The second kappa shape index (κ2) is 11.2. The van der Waals surface area contributed by atoms with E-state index < -0.39 is 0 Å². The van der Waals surface area contributed by atoms with Crippen LogP contribution < -0.4 is 19.7 Å². The van der Waals surface area contributed by atoms with Crippen LogP contribution in [0.4, 0.5) is 5.69 Å². The van der Waals surface area contributed by atoms with E-state index >= 15 is 0 Å². The maximum atomic E-state index is 6.49. The fourth-order valence-electron chi connectivity index (χ4n) is 4.73. The predicted octanol–water partition coefficient (Wildman–Crippen LogP) is 8.63. The molecule has 0 unspecified atom stereocenters. The van der Waals surface area contributed by atoms with Crippen molar-refractivity contribution in [2.75, 3.05) is 12.0 Å². The highest BCUT2D eigenvalue weighted by molar-refractivity contribution is 7.80. The summed E-state index contributed by atoms with van der Waals surface area (Å²) in [7, 11) is 1.63. The van der Waals surface area contributed by atoms with Gasteiger partial charge in [0, 0.05) is 17.4 Å². The Morgan fingerprint density at radius 3 is 2.27 bits per heavy atom. The van der Waals surface area contributed by atoms with Crippen molar-refractivity contribution in [1.29, 1.82) is 0 Å². The van der Waals surface area contributed by atoms with Crippen molar-refractivity contribution in [3.8, 4) is 28.6 Å². The highest BCUT2D eigenvalue weighted by Gasteiger charge is 2.42. The molecule has 6 rings (SSSR count). The van der Waals surface area contributed by atoms with E-state index in [0.717, 1.165) is 22.7 Å². The Morgan fingerprint density at radius 2 is 1.57 bits per heavy atom. The van der Waals surface area contributed by atoms with Gasteiger partial charge in [-0.25, -0.2) is 0 Å². The first-order valence-electron chi connectivity index (χ1n) is 12.5. The minimum atomic E-state index is -0.317. The third-order valence-electron chi connectivity index (χ3n) is 6.64. The molecular weight excluding hydrogens is 565 g/mol. The van der Waals surface area contributed by atoms with E-state index in [-0.39, 0.29) is 12.1 Å². The lowest BCUT2D eigenvalue weighted by Crippen LogP contribution is -2.29. The van der Waals surface area contributed by atoms with Gasteiger partial charge in [0.15, 0.2) is 5.11 Å². The molecule has 1 fully saturated rings. The van der Waals surface area contributed by atoms with E-state index in [1.807, 2.05) is 95.9 Å².